The Morgan fingerprint density at radius 1 is 0.254 bits per heavy atom. The van der Waals surface area contributed by atoms with Crippen LogP contribution in [0.2, 0.25) is 0 Å². The van der Waals surface area contributed by atoms with Gasteiger partial charge in [0, 0.05) is 32.7 Å². The third kappa shape index (κ3) is 4.76. The van der Waals surface area contributed by atoms with Crippen molar-refractivity contribution in [1.82, 2.24) is 0 Å². The number of fused-ring (bicyclic) bond motifs is 11. The molecule has 0 bridgehead atoms. The van der Waals surface area contributed by atoms with Gasteiger partial charge in [-0.3, -0.25) is 0 Å². The second-order valence-electron chi connectivity index (χ2n) is 15.5. The number of hydrogen-bond acceptors (Lipinski definition) is 3. The highest BCUT2D eigenvalue weighted by Crippen LogP contribution is 2.48. The molecule has 0 fully saturated rings. The van der Waals surface area contributed by atoms with Crippen LogP contribution in [0.3, 0.4) is 0 Å². The van der Waals surface area contributed by atoms with Crippen LogP contribution in [0.25, 0.3) is 132 Å². The minimum absolute atomic E-state index is 0.802. The van der Waals surface area contributed by atoms with Crippen molar-refractivity contribution in [3.05, 3.63) is 194 Å². The van der Waals surface area contributed by atoms with Gasteiger partial charge in [-0.15, -0.1) is 0 Å². The van der Waals surface area contributed by atoms with Crippen LogP contribution in [0.15, 0.2) is 207 Å². The van der Waals surface area contributed by atoms with Crippen molar-refractivity contribution in [3.8, 4) is 44.7 Å². The van der Waals surface area contributed by atoms with Gasteiger partial charge in [-0.2, -0.15) is 0 Å². The van der Waals surface area contributed by atoms with Crippen molar-refractivity contribution in [2.75, 3.05) is 0 Å². The van der Waals surface area contributed by atoms with Crippen LogP contribution in [-0.2, 0) is 0 Å². The molecule has 0 aliphatic rings. The molecule has 0 saturated heterocycles. The predicted octanol–water partition coefficient (Wildman–Crippen LogP) is 16.4. The van der Waals surface area contributed by atoms with E-state index in [1.807, 2.05) is 12.1 Å². The highest BCUT2D eigenvalue weighted by Gasteiger charge is 2.24. The SMILES string of the molecule is c1ccc(-c2oc3ccc4c5cc(-c6c7ccccc7c(-c7ccc8c(c7)oc7cc9ccccc9cc78)c7ccccc67)ccc5oc4c3c2-c2ccccc2)cc1. The molecule has 3 nitrogen and oxygen atoms in total. The van der Waals surface area contributed by atoms with Gasteiger partial charge in [0.15, 0.2) is 0 Å². The Morgan fingerprint density at radius 3 is 1.47 bits per heavy atom. The Labute approximate surface area is 337 Å². The fraction of sp³-hybridized carbons (Fsp3) is 0. The van der Waals surface area contributed by atoms with E-state index in [0.29, 0.717) is 0 Å². The standard InChI is InChI=1S/C56H32O3/c1-3-13-33(14-4-1)53-54-48(59-55(53)34-15-5-2-6-16-34)28-26-44-46-30-37(24-27-47(46)58-56(44)54)51-40-19-9-11-21-42(40)52(43-22-12-10-20-41(43)51)38-23-25-39-45-29-35-17-7-8-18-36(35)31-50(45)57-49(39)32-38/h1-32H. The molecule has 0 radical (unpaired) electrons. The zero-order chi connectivity index (χ0) is 38.6. The predicted molar refractivity (Wildman–Crippen MR) is 245 cm³/mol. The van der Waals surface area contributed by atoms with Crippen molar-refractivity contribution < 1.29 is 13.3 Å². The lowest BCUT2D eigenvalue weighted by Gasteiger charge is -2.17. The topological polar surface area (TPSA) is 39.4 Å². The monoisotopic (exact) mass is 752 g/mol. The fourth-order valence-corrected chi connectivity index (χ4v) is 9.61. The van der Waals surface area contributed by atoms with Gasteiger partial charge in [-0.1, -0.05) is 146 Å². The molecule has 0 unspecified atom stereocenters. The highest BCUT2D eigenvalue weighted by atomic mass is 16.3. The minimum Gasteiger partial charge on any atom is -0.456 e. The van der Waals surface area contributed by atoms with Crippen LogP contribution in [0, 0.1) is 0 Å². The van der Waals surface area contributed by atoms with Crippen molar-refractivity contribution in [2.24, 2.45) is 0 Å². The lowest BCUT2D eigenvalue weighted by Crippen LogP contribution is -1.90. The van der Waals surface area contributed by atoms with Gasteiger partial charge in [-0.25, -0.2) is 0 Å². The van der Waals surface area contributed by atoms with Crippen molar-refractivity contribution in [3.63, 3.8) is 0 Å². The fourth-order valence-electron chi connectivity index (χ4n) is 9.61. The van der Waals surface area contributed by atoms with Gasteiger partial charge in [-0.05, 0) is 109 Å². The first-order valence-corrected chi connectivity index (χ1v) is 20.1. The van der Waals surface area contributed by atoms with Gasteiger partial charge in [0.05, 0.1) is 5.39 Å². The van der Waals surface area contributed by atoms with Gasteiger partial charge in [0.25, 0.3) is 0 Å². The van der Waals surface area contributed by atoms with Crippen LogP contribution >= 0.6 is 0 Å². The first kappa shape index (κ1) is 32.2. The lowest BCUT2D eigenvalue weighted by atomic mass is 9.85. The maximum atomic E-state index is 6.83. The highest BCUT2D eigenvalue weighted by molar-refractivity contribution is 6.24. The van der Waals surface area contributed by atoms with Crippen LogP contribution in [0.4, 0.5) is 0 Å². The van der Waals surface area contributed by atoms with Crippen LogP contribution in [0.1, 0.15) is 0 Å². The van der Waals surface area contributed by atoms with Crippen LogP contribution in [-0.4, -0.2) is 0 Å². The molecule has 3 heterocycles. The van der Waals surface area contributed by atoms with E-state index in [4.69, 9.17) is 13.3 Å². The van der Waals surface area contributed by atoms with Gasteiger partial charge >= 0.3 is 0 Å². The number of hydrogen-bond donors (Lipinski definition) is 0. The van der Waals surface area contributed by atoms with Crippen molar-refractivity contribution >= 4 is 87.2 Å². The van der Waals surface area contributed by atoms with E-state index in [-0.39, 0.29) is 0 Å². The summed E-state index contributed by atoms with van der Waals surface area (Å²) in [5, 5.41) is 12.5. The van der Waals surface area contributed by atoms with Gasteiger partial charge < -0.3 is 13.3 Å². The molecule has 3 heteroatoms. The molecule has 13 rings (SSSR count). The molecule has 0 spiro atoms. The van der Waals surface area contributed by atoms with E-state index in [9.17, 15) is 0 Å². The van der Waals surface area contributed by atoms with Crippen molar-refractivity contribution in [1.29, 1.82) is 0 Å². The maximum absolute atomic E-state index is 6.83. The zero-order valence-corrected chi connectivity index (χ0v) is 31.7. The maximum Gasteiger partial charge on any atom is 0.147 e. The summed E-state index contributed by atoms with van der Waals surface area (Å²) in [5.74, 6) is 0.839. The van der Waals surface area contributed by atoms with Crippen LogP contribution < -0.4 is 0 Å². The Balaban J connectivity index is 1.03. The minimum atomic E-state index is 0.802. The summed E-state index contributed by atoms with van der Waals surface area (Å²) in [4.78, 5) is 0. The molecule has 0 atom stereocenters. The summed E-state index contributed by atoms with van der Waals surface area (Å²) in [6, 6.07) is 68.9. The second-order valence-corrected chi connectivity index (χ2v) is 15.5. The third-order valence-corrected chi connectivity index (χ3v) is 12.2. The number of benzene rings is 10. The van der Waals surface area contributed by atoms with Gasteiger partial charge in [0.2, 0.25) is 0 Å². The number of furan rings is 3. The molecule has 0 aliphatic carbocycles. The molecular formula is C56H32O3. The quantitative estimate of drug-likeness (QED) is 0.168. The van der Waals surface area contributed by atoms with E-state index >= 15 is 0 Å². The lowest BCUT2D eigenvalue weighted by molar-refractivity contribution is 0.631. The summed E-state index contributed by atoms with van der Waals surface area (Å²) < 4.78 is 20.1. The summed E-state index contributed by atoms with van der Waals surface area (Å²) in [6.07, 6.45) is 0. The smallest absolute Gasteiger partial charge is 0.147 e. The normalized spacial score (nSPS) is 12.1. The summed E-state index contributed by atoms with van der Waals surface area (Å²) >= 11 is 0. The van der Waals surface area contributed by atoms with Gasteiger partial charge in [0.1, 0.15) is 33.7 Å². The molecule has 0 saturated carbocycles. The Hall–Kier alpha value is -7.88. The molecule has 3 aromatic heterocycles. The van der Waals surface area contributed by atoms with Crippen molar-refractivity contribution in [2.45, 2.75) is 0 Å². The third-order valence-electron chi connectivity index (χ3n) is 12.2. The second kappa shape index (κ2) is 12.3. The molecule has 0 amide bonds. The van der Waals surface area contributed by atoms with Crippen LogP contribution in [0.5, 0.6) is 0 Å². The Kier molecular flexibility index (Phi) is 6.72. The summed E-state index contributed by atoms with van der Waals surface area (Å²) in [7, 11) is 0. The largest absolute Gasteiger partial charge is 0.456 e. The summed E-state index contributed by atoms with van der Waals surface area (Å²) in [6.45, 7) is 0. The molecule has 274 valence electrons. The molecule has 0 aliphatic heterocycles. The Morgan fingerprint density at radius 2 is 0.780 bits per heavy atom. The molecular weight excluding hydrogens is 721 g/mol. The zero-order valence-electron chi connectivity index (χ0n) is 31.7. The molecule has 10 aromatic carbocycles. The molecule has 0 N–H and O–H groups in total. The molecule has 59 heavy (non-hydrogen) atoms. The summed E-state index contributed by atoms with van der Waals surface area (Å²) in [5.41, 5.74) is 12.1. The van der Waals surface area contributed by atoms with E-state index in [1.54, 1.807) is 0 Å². The van der Waals surface area contributed by atoms with E-state index in [0.717, 1.165) is 88.4 Å². The van der Waals surface area contributed by atoms with E-state index in [1.165, 1.54) is 43.4 Å². The average Bonchev–Trinajstić information content (AvgIpc) is 3.98. The first-order chi connectivity index (χ1) is 29.2. The van der Waals surface area contributed by atoms with E-state index in [2.05, 4.69) is 182 Å². The Bertz CT molecular complexity index is 3770. The molecule has 13 aromatic rings. The average molecular weight is 753 g/mol. The first-order valence-electron chi connectivity index (χ1n) is 20.1. The number of rotatable bonds is 4. The van der Waals surface area contributed by atoms with E-state index < -0.39 is 0 Å².